The molecule has 2 aromatic heterocycles. The van der Waals surface area contributed by atoms with Gasteiger partial charge in [-0.25, -0.2) is 9.97 Å². The molecule has 96 valence electrons. The zero-order valence-electron chi connectivity index (χ0n) is 10.5. The van der Waals surface area contributed by atoms with Crippen LogP contribution in [0.1, 0.15) is 0 Å². The number of hydrogen-bond donors (Lipinski definition) is 1. The molecule has 2 aromatic carbocycles. The molecule has 0 atom stereocenters. The van der Waals surface area contributed by atoms with Crippen LogP contribution in [0.3, 0.4) is 0 Å². The van der Waals surface area contributed by atoms with E-state index in [1.165, 1.54) is 0 Å². The number of halogens is 1. The third kappa shape index (κ3) is 1.67. The summed E-state index contributed by atoms with van der Waals surface area (Å²) in [6.07, 6.45) is 1.67. The van der Waals surface area contributed by atoms with Gasteiger partial charge in [0, 0.05) is 10.9 Å². The first-order valence-electron chi connectivity index (χ1n) is 6.31. The Bertz CT molecular complexity index is 913. The second-order valence-electron chi connectivity index (χ2n) is 4.61. The summed E-state index contributed by atoms with van der Waals surface area (Å²) in [5.41, 5.74) is 4.61. The van der Waals surface area contributed by atoms with E-state index in [2.05, 4.69) is 9.97 Å². The normalized spacial score (nSPS) is 11.2. The van der Waals surface area contributed by atoms with Crippen molar-refractivity contribution in [2.45, 2.75) is 0 Å². The average molecular weight is 280 g/mol. The fourth-order valence-corrected chi connectivity index (χ4v) is 2.73. The van der Waals surface area contributed by atoms with E-state index in [1.54, 1.807) is 6.33 Å². The zero-order chi connectivity index (χ0) is 13.5. The summed E-state index contributed by atoms with van der Waals surface area (Å²) in [5, 5.41) is 1.57. The van der Waals surface area contributed by atoms with Crippen molar-refractivity contribution in [1.82, 2.24) is 15.0 Å². The second kappa shape index (κ2) is 4.32. The molecular weight excluding hydrogens is 270 g/mol. The highest BCUT2D eigenvalue weighted by Gasteiger charge is 2.10. The average Bonchev–Trinajstić information content (AvgIpc) is 2.96. The molecule has 0 aliphatic carbocycles. The molecule has 0 amide bonds. The van der Waals surface area contributed by atoms with Crippen molar-refractivity contribution in [1.29, 1.82) is 0 Å². The molecule has 1 N–H and O–H groups in total. The Labute approximate surface area is 120 Å². The van der Waals surface area contributed by atoms with E-state index in [0.717, 1.165) is 33.2 Å². The first-order valence-corrected chi connectivity index (χ1v) is 6.68. The van der Waals surface area contributed by atoms with Crippen molar-refractivity contribution in [2.75, 3.05) is 0 Å². The maximum absolute atomic E-state index is 6.45. The molecule has 0 fully saturated rings. The Hall–Kier alpha value is -2.39. The number of rotatable bonds is 1. The molecule has 0 saturated carbocycles. The summed E-state index contributed by atoms with van der Waals surface area (Å²) in [5.74, 6) is 0. The van der Waals surface area contributed by atoms with Gasteiger partial charge in [-0.15, -0.1) is 0 Å². The van der Waals surface area contributed by atoms with E-state index in [9.17, 15) is 0 Å². The minimum absolute atomic E-state index is 0.673. The number of hydrogen-bond acceptors (Lipinski definition) is 2. The van der Waals surface area contributed by atoms with Crippen molar-refractivity contribution in [3.05, 3.63) is 59.9 Å². The molecular formula is C16H10ClN3. The van der Waals surface area contributed by atoms with Crippen molar-refractivity contribution >= 4 is 33.5 Å². The van der Waals surface area contributed by atoms with Gasteiger partial charge in [0.25, 0.3) is 0 Å². The van der Waals surface area contributed by atoms with Crippen LogP contribution in [-0.4, -0.2) is 15.0 Å². The topological polar surface area (TPSA) is 41.6 Å². The lowest BCUT2D eigenvalue weighted by Crippen LogP contribution is -1.87. The van der Waals surface area contributed by atoms with Crippen LogP contribution in [0.15, 0.2) is 54.9 Å². The maximum Gasteiger partial charge on any atom is 0.0991 e. The van der Waals surface area contributed by atoms with Gasteiger partial charge in [-0.3, -0.25) is 0 Å². The molecule has 0 bridgehead atoms. The van der Waals surface area contributed by atoms with Crippen molar-refractivity contribution in [3.63, 3.8) is 0 Å². The number of aromatic nitrogens is 3. The van der Waals surface area contributed by atoms with E-state index in [1.807, 2.05) is 48.5 Å². The molecule has 4 rings (SSSR count). The largest absolute Gasteiger partial charge is 0.345 e. The lowest BCUT2D eigenvalue weighted by Gasteiger charge is -2.06. The molecule has 0 saturated heterocycles. The molecule has 0 aliphatic rings. The predicted octanol–water partition coefficient (Wildman–Crippen LogP) is 4.43. The summed E-state index contributed by atoms with van der Waals surface area (Å²) in [6, 6.07) is 15.9. The molecule has 0 unspecified atom stereocenters. The number of fused-ring (bicyclic) bond motifs is 3. The summed E-state index contributed by atoms with van der Waals surface area (Å²) >= 11 is 6.45. The van der Waals surface area contributed by atoms with Gasteiger partial charge in [0.15, 0.2) is 0 Å². The van der Waals surface area contributed by atoms with Gasteiger partial charge in [0.2, 0.25) is 0 Å². The predicted molar refractivity (Wildman–Crippen MR) is 81.8 cm³/mol. The van der Waals surface area contributed by atoms with Crippen LogP contribution < -0.4 is 0 Å². The van der Waals surface area contributed by atoms with Crippen LogP contribution in [-0.2, 0) is 0 Å². The Morgan fingerprint density at radius 2 is 1.85 bits per heavy atom. The molecule has 4 aromatic rings. The molecule has 20 heavy (non-hydrogen) atoms. The standard InChI is InChI=1S/C16H10ClN3/c17-11-8-14(10-4-2-1-3-5-10)20-12-6-7-13-16(15(11)12)19-9-18-13/h1-9H,(H,18,19). The molecule has 2 heterocycles. The SMILES string of the molecule is Clc1cc(-c2ccccc2)nc2ccc3[nH]cnc3c12. The van der Waals surface area contributed by atoms with Gasteiger partial charge in [0.05, 0.1) is 33.6 Å². The summed E-state index contributed by atoms with van der Waals surface area (Å²) in [6.45, 7) is 0. The quantitative estimate of drug-likeness (QED) is 0.560. The van der Waals surface area contributed by atoms with E-state index < -0.39 is 0 Å². The van der Waals surface area contributed by atoms with Crippen molar-refractivity contribution in [3.8, 4) is 11.3 Å². The fourth-order valence-electron chi connectivity index (χ4n) is 2.44. The second-order valence-corrected chi connectivity index (χ2v) is 5.02. The van der Waals surface area contributed by atoms with E-state index in [0.29, 0.717) is 5.02 Å². The van der Waals surface area contributed by atoms with Crippen LogP contribution in [0, 0.1) is 0 Å². The maximum atomic E-state index is 6.45. The number of nitrogens with one attached hydrogen (secondary N) is 1. The van der Waals surface area contributed by atoms with Gasteiger partial charge in [-0.2, -0.15) is 0 Å². The van der Waals surface area contributed by atoms with Crippen LogP contribution in [0.25, 0.3) is 33.2 Å². The Morgan fingerprint density at radius 1 is 1.00 bits per heavy atom. The first-order chi connectivity index (χ1) is 9.83. The Kier molecular flexibility index (Phi) is 2.47. The third-order valence-corrected chi connectivity index (χ3v) is 3.68. The first kappa shape index (κ1) is 11.4. The van der Waals surface area contributed by atoms with Gasteiger partial charge in [-0.1, -0.05) is 41.9 Å². The summed E-state index contributed by atoms with van der Waals surface area (Å²) in [4.78, 5) is 12.1. The van der Waals surface area contributed by atoms with Crippen molar-refractivity contribution < 1.29 is 0 Å². The van der Waals surface area contributed by atoms with Gasteiger partial charge in [0.1, 0.15) is 0 Å². The van der Waals surface area contributed by atoms with Crippen LogP contribution in [0.2, 0.25) is 5.02 Å². The smallest absolute Gasteiger partial charge is 0.0991 e. The molecule has 4 heteroatoms. The number of benzene rings is 2. The molecule has 3 nitrogen and oxygen atoms in total. The summed E-state index contributed by atoms with van der Waals surface area (Å²) in [7, 11) is 0. The number of imidazole rings is 1. The lowest BCUT2D eigenvalue weighted by atomic mass is 10.1. The number of aromatic amines is 1. The van der Waals surface area contributed by atoms with Gasteiger partial charge in [-0.05, 0) is 18.2 Å². The van der Waals surface area contributed by atoms with E-state index in [-0.39, 0.29) is 0 Å². The van der Waals surface area contributed by atoms with E-state index in [4.69, 9.17) is 16.6 Å². The van der Waals surface area contributed by atoms with Crippen LogP contribution >= 0.6 is 11.6 Å². The Morgan fingerprint density at radius 3 is 2.70 bits per heavy atom. The lowest BCUT2D eigenvalue weighted by molar-refractivity contribution is 1.35. The monoisotopic (exact) mass is 279 g/mol. The highest BCUT2D eigenvalue weighted by Crippen LogP contribution is 2.31. The number of pyridine rings is 1. The van der Waals surface area contributed by atoms with Crippen LogP contribution in [0.4, 0.5) is 0 Å². The van der Waals surface area contributed by atoms with Gasteiger partial charge < -0.3 is 4.98 Å². The third-order valence-electron chi connectivity index (χ3n) is 3.38. The van der Waals surface area contributed by atoms with Crippen molar-refractivity contribution in [2.24, 2.45) is 0 Å². The van der Waals surface area contributed by atoms with Crippen LogP contribution in [0.5, 0.6) is 0 Å². The zero-order valence-corrected chi connectivity index (χ0v) is 11.2. The van der Waals surface area contributed by atoms with Gasteiger partial charge >= 0.3 is 0 Å². The minimum Gasteiger partial charge on any atom is -0.345 e. The molecule has 0 spiro atoms. The minimum atomic E-state index is 0.673. The Balaban J connectivity index is 2.06. The van der Waals surface area contributed by atoms with E-state index >= 15 is 0 Å². The molecule has 0 radical (unpaired) electrons. The number of nitrogens with zero attached hydrogens (tertiary/aromatic N) is 2. The number of H-pyrrole nitrogens is 1. The summed E-state index contributed by atoms with van der Waals surface area (Å²) < 4.78 is 0. The molecule has 0 aliphatic heterocycles. The highest BCUT2D eigenvalue weighted by atomic mass is 35.5. The fraction of sp³-hybridized carbons (Fsp3) is 0. The highest BCUT2D eigenvalue weighted by molar-refractivity contribution is 6.37.